The first-order valence-corrected chi connectivity index (χ1v) is 5.34. The largest absolute Gasteiger partial charge is 0.324 e. The third-order valence-electron chi connectivity index (χ3n) is 2.19. The van der Waals surface area contributed by atoms with Crippen LogP contribution >= 0.6 is 11.6 Å². The fourth-order valence-corrected chi connectivity index (χ4v) is 1.34. The van der Waals surface area contributed by atoms with Gasteiger partial charge in [-0.05, 0) is 18.6 Å². The van der Waals surface area contributed by atoms with Crippen molar-refractivity contribution >= 4 is 28.9 Å². The molecule has 17 heavy (non-hydrogen) atoms. The fourth-order valence-electron chi connectivity index (χ4n) is 1.15. The highest BCUT2D eigenvalue weighted by Gasteiger charge is 2.15. The highest BCUT2D eigenvalue weighted by atomic mass is 35.5. The second-order valence-electron chi connectivity index (χ2n) is 3.43. The molecule has 0 aliphatic heterocycles. The molecule has 92 valence electrons. The molecule has 0 saturated heterocycles. The van der Waals surface area contributed by atoms with E-state index in [1.54, 1.807) is 6.92 Å². The maximum Gasteiger partial charge on any atom is 0.289 e. The molecule has 1 amide bonds. The molecule has 0 aromatic heterocycles. The molecule has 0 fully saturated rings. The minimum Gasteiger partial charge on any atom is -0.324 e. The average Bonchev–Trinajstić information content (AvgIpc) is 2.30. The van der Waals surface area contributed by atoms with Crippen molar-refractivity contribution in [2.45, 2.75) is 19.4 Å². The van der Waals surface area contributed by atoms with Crippen LogP contribution in [0.15, 0.2) is 18.2 Å². The van der Waals surface area contributed by atoms with Gasteiger partial charge < -0.3 is 11.1 Å². The summed E-state index contributed by atoms with van der Waals surface area (Å²) in [6, 6.07) is 3.40. The van der Waals surface area contributed by atoms with Crippen molar-refractivity contribution in [1.29, 1.82) is 0 Å². The van der Waals surface area contributed by atoms with Crippen LogP contribution in [0.4, 0.5) is 11.4 Å². The first-order chi connectivity index (χ1) is 7.95. The lowest BCUT2D eigenvalue weighted by Crippen LogP contribution is -2.34. The number of hydrogen-bond donors (Lipinski definition) is 2. The van der Waals surface area contributed by atoms with Crippen molar-refractivity contribution in [3.05, 3.63) is 33.3 Å². The second kappa shape index (κ2) is 5.60. The molecular weight excluding hydrogens is 246 g/mol. The normalized spacial score (nSPS) is 11.9. The SMILES string of the molecule is CC[C@H](N)C(=O)Nc1ccc(Cl)c([N+](=O)[O-])c1. The number of nitrogens with one attached hydrogen (secondary N) is 1. The summed E-state index contributed by atoms with van der Waals surface area (Å²) in [7, 11) is 0. The molecule has 6 nitrogen and oxygen atoms in total. The van der Waals surface area contributed by atoms with Crippen LogP contribution in [-0.2, 0) is 4.79 Å². The van der Waals surface area contributed by atoms with Crippen LogP contribution in [0, 0.1) is 10.1 Å². The highest BCUT2D eigenvalue weighted by molar-refractivity contribution is 6.32. The Kier molecular flexibility index (Phi) is 4.42. The number of benzene rings is 1. The van der Waals surface area contributed by atoms with Crippen molar-refractivity contribution in [3.63, 3.8) is 0 Å². The van der Waals surface area contributed by atoms with E-state index in [0.29, 0.717) is 12.1 Å². The van der Waals surface area contributed by atoms with Gasteiger partial charge in [-0.2, -0.15) is 0 Å². The van der Waals surface area contributed by atoms with Gasteiger partial charge >= 0.3 is 0 Å². The Morgan fingerprint density at radius 1 is 1.65 bits per heavy atom. The molecule has 0 aliphatic carbocycles. The van der Waals surface area contributed by atoms with Crippen LogP contribution in [0.2, 0.25) is 5.02 Å². The van der Waals surface area contributed by atoms with Crippen LogP contribution in [-0.4, -0.2) is 16.9 Å². The molecule has 0 aliphatic rings. The fraction of sp³-hybridized carbons (Fsp3) is 0.300. The Labute approximate surface area is 103 Å². The molecule has 0 spiro atoms. The van der Waals surface area contributed by atoms with Crippen molar-refractivity contribution in [1.82, 2.24) is 0 Å². The summed E-state index contributed by atoms with van der Waals surface area (Å²) >= 11 is 5.64. The summed E-state index contributed by atoms with van der Waals surface area (Å²) in [5.74, 6) is -0.385. The van der Waals surface area contributed by atoms with E-state index in [4.69, 9.17) is 17.3 Å². The maximum absolute atomic E-state index is 11.5. The zero-order valence-electron chi connectivity index (χ0n) is 9.14. The molecule has 0 unspecified atom stereocenters. The highest BCUT2D eigenvalue weighted by Crippen LogP contribution is 2.27. The molecule has 1 aromatic rings. The monoisotopic (exact) mass is 257 g/mol. The number of amides is 1. The lowest BCUT2D eigenvalue weighted by atomic mass is 10.2. The van der Waals surface area contributed by atoms with Crippen molar-refractivity contribution in [2.24, 2.45) is 5.73 Å². The third-order valence-corrected chi connectivity index (χ3v) is 2.51. The average molecular weight is 258 g/mol. The first-order valence-electron chi connectivity index (χ1n) is 4.96. The predicted octanol–water partition coefficient (Wildman–Crippen LogP) is 1.92. The molecule has 1 aromatic carbocycles. The third kappa shape index (κ3) is 3.40. The number of anilines is 1. The van der Waals surface area contributed by atoms with Crippen molar-refractivity contribution < 1.29 is 9.72 Å². The molecule has 0 heterocycles. The van der Waals surface area contributed by atoms with Crippen LogP contribution in [0.3, 0.4) is 0 Å². The van der Waals surface area contributed by atoms with E-state index in [0.717, 1.165) is 0 Å². The second-order valence-corrected chi connectivity index (χ2v) is 3.83. The number of nitro benzene ring substituents is 1. The Morgan fingerprint density at radius 3 is 2.82 bits per heavy atom. The summed E-state index contributed by atoms with van der Waals surface area (Å²) in [5, 5.41) is 13.1. The van der Waals surface area contributed by atoms with E-state index in [9.17, 15) is 14.9 Å². The van der Waals surface area contributed by atoms with Gasteiger partial charge in [-0.15, -0.1) is 0 Å². The lowest BCUT2D eigenvalue weighted by Gasteiger charge is -2.09. The summed E-state index contributed by atoms with van der Waals surface area (Å²) in [4.78, 5) is 21.5. The molecule has 7 heteroatoms. The Hall–Kier alpha value is -1.66. The van der Waals surface area contributed by atoms with E-state index in [2.05, 4.69) is 5.32 Å². The van der Waals surface area contributed by atoms with Gasteiger partial charge in [0.25, 0.3) is 5.69 Å². The molecule has 0 bridgehead atoms. The molecule has 1 rings (SSSR count). The lowest BCUT2D eigenvalue weighted by molar-refractivity contribution is -0.384. The summed E-state index contributed by atoms with van der Waals surface area (Å²) in [6.07, 6.45) is 0.488. The molecule has 0 saturated carbocycles. The number of carbonyl (C=O) groups is 1. The van der Waals surface area contributed by atoms with Gasteiger partial charge in [-0.3, -0.25) is 14.9 Å². The van der Waals surface area contributed by atoms with Crippen LogP contribution in [0.1, 0.15) is 13.3 Å². The maximum atomic E-state index is 11.5. The van der Waals surface area contributed by atoms with Gasteiger partial charge in [0.2, 0.25) is 5.91 Å². The van der Waals surface area contributed by atoms with Crippen LogP contribution in [0.25, 0.3) is 0 Å². The number of hydrogen-bond acceptors (Lipinski definition) is 4. The summed E-state index contributed by atoms with van der Waals surface area (Å²) in [6.45, 7) is 1.77. The Morgan fingerprint density at radius 2 is 2.29 bits per heavy atom. The van der Waals surface area contributed by atoms with Gasteiger partial charge in [0.1, 0.15) is 5.02 Å². The zero-order valence-corrected chi connectivity index (χ0v) is 9.90. The Bertz CT molecular complexity index is 450. The van der Waals surface area contributed by atoms with E-state index in [1.807, 2.05) is 0 Å². The quantitative estimate of drug-likeness (QED) is 0.636. The number of carbonyl (C=O) groups excluding carboxylic acids is 1. The summed E-state index contributed by atoms with van der Waals surface area (Å²) < 4.78 is 0. The molecule has 0 radical (unpaired) electrons. The van der Waals surface area contributed by atoms with Gasteiger partial charge in [0.15, 0.2) is 0 Å². The summed E-state index contributed by atoms with van der Waals surface area (Å²) in [5.41, 5.74) is 5.57. The number of nitro groups is 1. The topological polar surface area (TPSA) is 98.3 Å². The number of nitrogens with two attached hydrogens (primary N) is 1. The van der Waals surface area contributed by atoms with E-state index < -0.39 is 11.0 Å². The smallest absolute Gasteiger partial charge is 0.289 e. The van der Waals surface area contributed by atoms with Crippen molar-refractivity contribution in [2.75, 3.05) is 5.32 Å². The van der Waals surface area contributed by atoms with Gasteiger partial charge in [-0.1, -0.05) is 18.5 Å². The Balaban J connectivity index is 2.90. The standard InChI is InChI=1S/C10H12ClN3O3/c1-2-8(12)10(15)13-6-3-4-7(11)9(5-6)14(16)17/h3-5,8H,2,12H2,1H3,(H,13,15)/t8-/m0/s1. The van der Waals surface area contributed by atoms with Gasteiger partial charge in [0.05, 0.1) is 11.0 Å². The van der Waals surface area contributed by atoms with Crippen LogP contribution in [0.5, 0.6) is 0 Å². The molecular formula is C10H12ClN3O3. The minimum absolute atomic E-state index is 0.0211. The minimum atomic E-state index is -0.635. The number of rotatable bonds is 4. The predicted molar refractivity (Wildman–Crippen MR) is 65.0 cm³/mol. The van der Waals surface area contributed by atoms with E-state index in [-0.39, 0.29) is 16.6 Å². The zero-order chi connectivity index (χ0) is 13.0. The van der Waals surface area contributed by atoms with Gasteiger partial charge in [0, 0.05) is 11.8 Å². The van der Waals surface area contributed by atoms with E-state index in [1.165, 1.54) is 18.2 Å². The van der Waals surface area contributed by atoms with E-state index >= 15 is 0 Å². The molecule has 1 atom stereocenters. The number of nitrogens with zero attached hydrogens (tertiary/aromatic N) is 1. The van der Waals surface area contributed by atoms with Crippen molar-refractivity contribution in [3.8, 4) is 0 Å². The van der Waals surface area contributed by atoms with Gasteiger partial charge in [-0.25, -0.2) is 0 Å². The molecule has 3 N–H and O–H groups in total. The number of halogens is 1. The first kappa shape index (κ1) is 13.4. The van der Waals surface area contributed by atoms with Crippen LogP contribution < -0.4 is 11.1 Å².